The summed E-state index contributed by atoms with van der Waals surface area (Å²) in [5, 5.41) is 7.05. The predicted octanol–water partition coefficient (Wildman–Crippen LogP) is 5.01. The third-order valence-electron chi connectivity index (χ3n) is 3.04. The minimum absolute atomic E-state index is 0.355. The van der Waals surface area contributed by atoms with E-state index >= 15 is 0 Å². The van der Waals surface area contributed by atoms with Crippen molar-refractivity contribution in [1.29, 1.82) is 0 Å². The van der Waals surface area contributed by atoms with Crippen LogP contribution in [0.25, 0.3) is 0 Å². The summed E-state index contributed by atoms with van der Waals surface area (Å²) in [5.41, 5.74) is 7.20. The number of nitrogens with zero attached hydrogens (tertiary/aromatic N) is 3. The first-order chi connectivity index (χ1) is 11.5. The quantitative estimate of drug-likeness (QED) is 0.544. The highest BCUT2D eigenvalue weighted by Gasteiger charge is 2.10. The molecule has 2 aromatic heterocycles. The fourth-order valence-electron chi connectivity index (χ4n) is 1.88. The summed E-state index contributed by atoms with van der Waals surface area (Å²) in [6.45, 7) is 0. The summed E-state index contributed by atoms with van der Waals surface area (Å²) in [4.78, 5) is 12.5. The molecule has 9 heteroatoms. The first kappa shape index (κ1) is 16.8. The van der Waals surface area contributed by atoms with Gasteiger partial charge in [-0.3, -0.25) is 0 Å². The van der Waals surface area contributed by atoms with Crippen molar-refractivity contribution in [1.82, 2.24) is 15.0 Å². The van der Waals surface area contributed by atoms with Crippen LogP contribution in [0.1, 0.15) is 0 Å². The Balaban J connectivity index is 1.84. The van der Waals surface area contributed by atoms with Crippen LogP contribution < -0.4 is 16.4 Å². The number of nitrogens with one attached hydrogen (secondary N) is 2. The average Bonchev–Trinajstić information content (AvgIpc) is 2.57. The minimum atomic E-state index is 0.355. The Hall–Kier alpha value is -2.09. The van der Waals surface area contributed by atoms with Gasteiger partial charge in [0.25, 0.3) is 0 Å². The molecule has 0 aliphatic rings. The molecule has 3 rings (SSSR count). The smallest absolute Gasteiger partial charge is 0.160 e. The topological polar surface area (TPSA) is 88.8 Å². The maximum Gasteiger partial charge on any atom is 0.160 e. The van der Waals surface area contributed by atoms with E-state index in [0.717, 1.165) is 4.47 Å². The van der Waals surface area contributed by atoms with Crippen LogP contribution in [0.4, 0.5) is 28.8 Å². The Bertz CT molecular complexity index is 872. The molecule has 0 aliphatic heterocycles. The number of aromatic nitrogens is 3. The summed E-state index contributed by atoms with van der Waals surface area (Å²) in [5.74, 6) is 1.51. The molecular formula is C15H11BrCl2N6. The average molecular weight is 426 g/mol. The fraction of sp³-hybridized carbons (Fsp3) is 0. The number of hydrogen-bond acceptors (Lipinski definition) is 6. The van der Waals surface area contributed by atoms with E-state index in [1.807, 2.05) is 6.07 Å². The minimum Gasteiger partial charge on any atom is -0.393 e. The Morgan fingerprint density at radius 2 is 1.67 bits per heavy atom. The zero-order valence-corrected chi connectivity index (χ0v) is 15.2. The lowest BCUT2D eigenvalue weighted by Crippen LogP contribution is -2.05. The van der Waals surface area contributed by atoms with Gasteiger partial charge in [-0.15, -0.1) is 0 Å². The predicted molar refractivity (Wildman–Crippen MR) is 101 cm³/mol. The van der Waals surface area contributed by atoms with Crippen LogP contribution in [-0.2, 0) is 0 Å². The molecule has 0 aliphatic carbocycles. The molecule has 0 spiro atoms. The molecule has 0 saturated carbocycles. The zero-order valence-electron chi connectivity index (χ0n) is 12.1. The Kier molecular flexibility index (Phi) is 5.03. The highest BCUT2D eigenvalue weighted by Crippen LogP contribution is 2.30. The van der Waals surface area contributed by atoms with Gasteiger partial charge in [-0.25, -0.2) is 15.0 Å². The van der Waals surface area contributed by atoms with Gasteiger partial charge in [-0.2, -0.15) is 0 Å². The lowest BCUT2D eigenvalue weighted by Gasteiger charge is -2.12. The number of rotatable bonds is 4. The molecule has 6 nitrogen and oxygen atoms in total. The third-order valence-corrected chi connectivity index (χ3v) is 4.25. The van der Waals surface area contributed by atoms with Crippen molar-refractivity contribution >= 4 is 68.0 Å². The van der Waals surface area contributed by atoms with Crippen LogP contribution in [0.5, 0.6) is 0 Å². The molecule has 0 radical (unpaired) electrons. The van der Waals surface area contributed by atoms with Crippen molar-refractivity contribution in [2.75, 3.05) is 16.4 Å². The van der Waals surface area contributed by atoms with E-state index in [1.54, 1.807) is 30.5 Å². The lowest BCUT2D eigenvalue weighted by molar-refractivity contribution is 1.16. The van der Waals surface area contributed by atoms with Gasteiger partial charge in [0.05, 0.1) is 10.0 Å². The van der Waals surface area contributed by atoms with E-state index in [-0.39, 0.29) is 0 Å². The van der Waals surface area contributed by atoms with Gasteiger partial charge in [-0.1, -0.05) is 23.2 Å². The Labute approximate surface area is 156 Å². The number of hydrogen-bond donors (Lipinski definition) is 3. The molecule has 0 atom stereocenters. The van der Waals surface area contributed by atoms with Crippen molar-refractivity contribution < 1.29 is 0 Å². The monoisotopic (exact) mass is 424 g/mol. The van der Waals surface area contributed by atoms with Crippen LogP contribution in [0.15, 0.2) is 47.3 Å². The highest BCUT2D eigenvalue weighted by atomic mass is 79.9. The molecule has 0 unspecified atom stereocenters. The number of benzene rings is 1. The molecule has 3 aromatic rings. The van der Waals surface area contributed by atoms with Gasteiger partial charge < -0.3 is 16.4 Å². The van der Waals surface area contributed by atoms with E-state index in [4.69, 9.17) is 28.9 Å². The largest absolute Gasteiger partial charge is 0.393 e. The number of pyridine rings is 1. The fourth-order valence-corrected chi connectivity index (χ4v) is 2.41. The number of halogens is 3. The molecule has 0 fully saturated rings. The lowest BCUT2D eigenvalue weighted by atomic mass is 10.3. The Morgan fingerprint density at radius 3 is 2.33 bits per heavy atom. The molecule has 2 heterocycles. The maximum atomic E-state index is 6.13. The molecule has 0 bridgehead atoms. The van der Waals surface area contributed by atoms with E-state index < -0.39 is 0 Å². The molecule has 122 valence electrons. The molecule has 4 N–H and O–H groups in total. The van der Waals surface area contributed by atoms with E-state index in [0.29, 0.717) is 38.9 Å². The molecular weight excluding hydrogens is 415 g/mol. The standard InChI is InChI=1S/C15H11BrCl2N6/c16-8-1-4-12(20-6-8)24-15-13(19)14(21-7-22-15)23-9-2-3-10(17)11(18)5-9/h1-7H,19H2,(H2,20,21,22,23,24). The summed E-state index contributed by atoms with van der Waals surface area (Å²) < 4.78 is 0.880. The first-order valence-corrected chi connectivity index (χ1v) is 8.29. The SMILES string of the molecule is Nc1c(Nc2ccc(Cl)c(Cl)c2)ncnc1Nc1ccc(Br)cn1. The Morgan fingerprint density at radius 1 is 0.917 bits per heavy atom. The maximum absolute atomic E-state index is 6.13. The van der Waals surface area contributed by atoms with Crippen molar-refractivity contribution in [2.24, 2.45) is 0 Å². The molecule has 0 amide bonds. The third kappa shape index (κ3) is 3.87. The van der Waals surface area contributed by atoms with Crippen molar-refractivity contribution in [3.63, 3.8) is 0 Å². The molecule has 1 aromatic carbocycles. The van der Waals surface area contributed by atoms with Crippen molar-refractivity contribution in [3.05, 3.63) is 57.4 Å². The first-order valence-electron chi connectivity index (χ1n) is 6.74. The summed E-state index contributed by atoms with van der Waals surface area (Å²) >= 11 is 15.3. The van der Waals surface area contributed by atoms with Crippen LogP contribution in [0, 0.1) is 0 Å². The van der Waals surface area contributed by atoms with E-state index in [9.17, 15) is 0 Å². The molecule has 24 heavy (non-hydrogen) atoms. The molecule has 0 saturated heterocycles. The summed E-state index contributed by atoms with van der Waals surface area (Å²) in [7, 11) is 0. The number of nitrogens with two attached hydrogens (primary N) is 1. The van der Waals surface area contributed by atoms with Gasteiger partial charge in [0.2, 0.25) is 0 Å². The van der Waals surface area contributed by atoms with Gasteiger partial charge >= 0.3 is 0 Å². The van der Waals surface area contributed by atoms with Crippen LogP contribution in [0.3, 0.4) is 0 Å². The summed E-state index contributed by atoms with van der Waals surface area (Å²) in [6.07, 6.45) is 3.08. The number of anilines is 5. The van der Waals surface area contributed by atoms with Crippen LogP contribution in [-0.4, -0.2) is 15.0 Å². The van der Waals surface area contributed by atoms with Gasteiger partial charge in [0, 0.05) is 16.4 Å². The van der Waals surface area contributed by atoms with Gasteiger partial charge in [0.15, 0.2) is 11.6 Å². The second-order valence-corrected chi connectivity index (χ2v) is 6.46. The number of nitrogen functional groups attached to an aromatic ring is 1. The second kappa shape index (κ2) is 7.21. The van der Waals surface area contributed by atoms with E-state index in [2.05, 4.69) is 41.5 Å². The van der Waals surface area contributed by atoms with Gasteiger partial charge in [-0.05, 0) is 46.3 Å². The normalized spacial score (nSPS) is 10.5. The van der Waals surface area contributed by atoms with E-state index in [1.165, 1.54) is 6.33 Å². The van der Waals surface area contributed by atoms with Crippen molar-refractivity contribution in [3.8, 4) is 0 Å². The van der Waals surface area contributed by atoms with Crippen LogP contribution >= 0.6 is 39.1 Å². The van der Waals surface area contributed by atoms with Crippen LogP contribution in [0.2, 0.25) is 10.0 Å². The van der Waals surface area contributed by atoms with Gasteiger partial charge in [0.1, 0.15) is 17.8 Å². The zero-order chi connectivity index (χ0) is 17.1. The van der Waals surface area contributed by atoms with Crippen molar-refractivity contribution in [2.45, 2.75) is 0 Å². The second-order valence-electron chi connectivity index (χ2n) is 4.73. The highest BCUT2D eigenvalue weighted by molar-refractivity contribution is 9.10. The summed E-state index contributed by atoms with van der Waals surface area (Å²) in [6, 6.07) is 8.82.